The minimum atomic E-state index is -0.537. The van der Waals surface area contributed by atoms with E-state index in [-0.39, 0.29) is 24.0 Å². The molecular formula is C24H31N3O3. The van der Waals surface area contributed by atoms with Gasteiger partial charge in [0.15, 0.2) is 0 Å². The van der Waals surface area contributed by atoms with Gasteiger partial charge in [-0.2, -0.15) is 0 Å². The predicted molar refractivity (Wildman–Crippen MR) is 115 cm³/mol. The van der Waals surface area contributed by atoms with Crippen LogP contribution in [-0.2, 0) is 16.1 Å². The summed E-state index contributed by atoms with van der Waals surface area (Å²) in [6.07, 6.45) is 3.37. The summed E-state index contributed by atoms with van der Waals surface area (Å²) in [5.41, 5.74) is 1.72. The van der Waals surface area contributed by atoms with Crippen LogP contribution < -0.4 is 0 Å². The van der Waals surface area contributed by atoms with Gasteiger partial charge in [0.25, 0.3) is 0 Å². The van der Waals surface area contributed by atoms with Crippen LogP contribution >= 0.6 is 0 Å². The van der Waals surface area contributed by atoms with E-state index >= 15 is 0 Å². The van der Waals surface area contributed by atoms with Gasteiger partial charge in [-0.15, -0.1) is 0 Å². The number of hydrogen-bond acceptors (Lipinski definition) is 3. The maximum Gasteiger partial charge on any atom is 0.410 e. The Labute approximate surface area is 178 Å². The maximum atomic E-state index is 13.7. The quantitative estimate of drug-likeness (QED) is 0.751. The first kappa shape index (κ1) is 20.5. The molecule has 0 unspecified atom stereocenters. The Morgan fingerprint density at radius 3 is 2.50 bits per heavy atom. The van der Waals surface area contributed by atoms with E-state index in [0.29, 0.717) is 19.6 Å². The lowest BCUT2D eigenvalue weighted by Gasteiger charge is -2.41. The van der Waals surface area contributed by atoms with Crippen molar-refractivity contribution in [1.29, 1.82) is 0 Å². The van der Waals surface area contributed by atoms with Crippen LogP contribution in [0.2, 0.25) is 0 Å². The molecule has 0 aliphatic carbocycles. The predicted octanol–water partition coefficient (Wildman–Crippen LogP) is 4.07. The summed E-state index contributed by atoms with van der Waals surface area (Å²) in [7, 11) is 0. The number of benzene rings is 1. The molecule has 2 aromatic rings. The lowest BCUT2D eigenvalue weighted by Crippen LogP contribution is -2.50. The van der Waals surface area contributed by atoms with Crippen LogP contribution in [0.15, 0.2) is 48.7 Å². The number of carbonyl (C=O) groups is 2. The first-order valence-electron chi connectivity index (χ1n) is 10.8. The number of carbonyl (C=O) groups excluding carboxylic acids is 2. The van der Waals surface area contributed by atoms with Crippen molar-refractivity contribution < 1.29 is 14.3 Å². The van der Waals surface area contributed by atoms with E-state index in [2.05, 4.69) is 29.0 Å². The normalized spacial score (nSPS) is 21.8. The zero-order valence-electron chi connectivity index (χ0n) is 18.1. The Balaban J connectivity index is 1.55. The third-order valence-corrected chi connectivity index (χ3v) is 5.86. The monoisotopic (exact) mass is 409 g/mol. The minimum absolute atomic E-state index is 0.0978. The molecule has 0 spiro atoms. The van der Waals surface area contributed by atoms with Crippen molar-refractivity contribution in [2.75, 3.05) is 19.6 Å². The van der Waals surface area contributed by atoms with Gasteiger partial charge in [-0.1, -0.05) is 30.3 Å². The van der Waals surface area contributed by atoms with Gasteiger partial charge < -0.3 is 19.1 Å². The lowest BCUT2D eigenvalue weighted by molar-refractivity contribution is -0.140. The van der Waals surface area contributed by atoms with Gasteiger partial charge in [-0.25, -0.2) is 4.79 Å². The number of hydrogen-bond donors (Lipinski definition) is 0. The molecule has 1 aromatic carbocycles. The molecular weight excluding hydrogens is 378 g/mol. The number of likely N-dealkylation sites (tertiary alicyclic amines) is 1. The highest BCUT2D eigenvalue weighted by Crippen LogP contribution is 2.34. The summed E-state index contributed by atoms with van der Waals surface area (Å²) < 4.78 is 7.77. The summed E-state index contributed by atoms with van der Waals surface area (Å²) in [5.74, 6) is -0.0662. The molecule has 0 saturated carbocycles. The Morgan fingerprint density at radius 2 is 1.77 bits per heavy atom. The first-order valence-corrected chi connectivity index (χ1v) is 10.8. The van der Waals surface area contributed by atoms with E-state index in [1.807, 2.05) is 49.9 Å². The maximum absolute atomic E-state index is 13.7. The van der Waals surface area contributed by atoms with Crippen molar-refractivity contribution in [3.05, 3.63) is 59.9 Å². The van der Waals surface area contributed by atoms with Crippen molar-refractivity contribution in [2.24, 2.45) is 5.92 Å². The highest BCUT2D eigenvalue weighted by molar-refractivity contribution is 5.81. The fourth-order valence-electron chi connectivity index (χ4n) is 4.51. The highest BCUT2D eigenvalue weighted by atomic mass is 16.6. The molecule has 1 fully saturated rings. The fourth-order valence-corrected chi connectivity index (χ4v) is 4.51. The standard InChI is InChI=1S/C24H31N3O3/c1-24(2,3)30-23(29)26-14-7-11-19(17-26)22(28)27-16-15-25-13-8-12-20(25)21(27)18-9-5-4-6-10-18/h4-6,8-10,12-13,19,21H,7,11,14-17H2,1-3H3/t19-,21+/m0/s1. The zero-order valence-corrected chi connectivity index (χ0v) is 18.1. The number of piperidine rings is 1. The highest BCUT2D eigenvalue weighted by Gasteiger charge is 2.38. The Morgan fingerprint density at radius 1 is 1.00 bits per heavy atom. The molecule has 0 N–H and O–H groups in total. The second kappa shape index (κ2) is 8.17. The molecule has 2 amide bonds. The molecule has 3 heterocycles. The van der Waals surface area contributed by atoms with E-state index in [0.717, 1.165) is 30.6 Å². The summed E-state index contributed by atoms with van der Waals surface area (Å²) in [4.78, 5) is 29.9. The third kappa shape index (κ3) is 4.23. The van der Waals surface area contributed by atoms with Crippen LogP contribution in [0.5, 0.6) is 0 Å². The van der Waals surface area contributed by atoms with E-state index in [1.165, 1.54) is 0 Å². The van der Waals surface area contributed by atoms with Gasteiger partial charge in [0.2, 0.25) is 5.91 Å². The van der Waals surface area contributed by atoms with Crippen LogP contribution in [-0.4, -0.2) is 51.6 Å². The topological polar surface area (TPSA) is 54.8 Å². The van der Waals surface area contributed by atoms with Gasteiger partial charge in [0.05, 0.1) is 12.0 Å². The molecule has 2 atom stereocenters. The van der Waals surface area contributed by atoms with Crippen LogP contribution in [0, 0.1) is 5.92 Å². The van der Waals surface area contributed by atoms with Gasteiger partial charge >= 0.3 is 6.09 Å². The second-order valence-electron chi connectivity index (χ2n) is 9.24. The molecule has 160 valence electrons. The Bertz CT molecular complexity index is 900. The van der Waals surface area contributed by atoms with Crippen molar-refractivity contribution in [3.8, 4) is 0 Å². The molecule has 2 aliphatic heterocycles. The van der Waals surface area contributed by atoms with E-state index in [9.17, 15) is 9.59 Å². The third-order valence-electron chi connectivity index (χ3n) is 5.86. The Hall–Kier alpha value is -2.76. The molecule has 0 radical (unpaired) electrons. The summed E-state index contributed by atoms with van der Waals surface area (Å²) >= 11 is 0. The minimum Gasteiger partial charge on any atom is -0.444 e. The number of nitrogens with zero attached hydrogens (tertiary/aromatic N) is 3. The average molecular weight is 410 g/mol. The van der Waals surface area contributed by atoms with Crippen LogP contribution in [0.3, 0.4) is 0 Å². The molecule has 30 heavy (non-hydrogen) atoms. The molecule has 2 aliphatic rings. The lowest BCUT2D eigenvalue weighted by atomic mass is 9.93. The number of rotatable bonds is 2. The summed E-state index contributed by atoms with van der Waals surface area (Å²) in [5, 5.41) is 0. The van der Waals surface area contributed by atoms with Crippen LogP contribution in [0.25, 0.3) is 0 Å². The SMILES string of the molecule is CC(C)(C)OC(=O)N1CCC[C@H](C(=O)N2CCn3cccc3[C@H]2c2ccccc2)C1. The first-order chi connectivity index (χ1) is 14.3. The second-order valence-corrected chi connectivity index (χ2v) is 9.24. The van der Waals surface area contributed by atoms with Crippen LogP contribution in [0.4, 0.5) is 4.79 Å². The molecule has 4 rings (SSSR count). The van der Waals surface area contributed by atoms with Crippen LogP contribution in [0.1, 0.15) is 50.9 Å². The van der Waals surface area contributed by atoms with Gasteiger partial charge in [0.1, 0.15) is 5.60 Å². The number of aromatic nitrogens is 1. The van der Waals surface area contributed by atoms with Crippen molar-refractivity contribution >= 4 is 12.0 Å². The molecule has 6 nitrogen and oxygen atoms in total. The van der Waals surface area contributed by atoms with E-state index in [4.69, 9.17) is 4.74 Å². The fraction of sp³-hybridized carbons (Fsp3) is 0.500. The van der Waals surface area contributed by atoms with Crippen molar-refractivity contribution in [3.63, 3.8) is 0 Å². The summed E-state index contributed by atoms with van der Waals surface area (Å²) in [6.45, 7) is 8.12. The van der Waals surface area contributed by atoms with E-state index < -0.39 is 5.60 Å². The Kier molecular flexibility index (Phi) is 5.58. The van der Waals surface area contributed by atoms with E-state index in [1.54, 1.807) is 4.90 Å². The van der Waals surface area contributed by atoms with Gasteiger partial charge in [-0.3, -0.25) is 4.79 Å². The molecule has 6 heteroatoms. The van der Waals surface area contributed by atoms with Gasteiger partial charge in [0, 0.05) is 38.1 Å². The smallest absolute Gasteiger partial charge is 0.410 e. The number of ether oxygens (including phenoxy) is 1. The summed E-state index contributed by atoms with van der Waals surface area (Å²) in [6, 6.07) is 14.3. The zero-order chi connectivity index (χ0) is 21.3. The van der Waals surface area contributed by atoms with Crippen molar-refractivity contribution in [2.45, 2.75) is 51.8 Å². The largest absolute Gasteiger partial charge is 0.444 e. The average Bonchev–Trinajstić information content (AvgIpc) is 3.21. The molecule has 1 saturated heterocycles. The number of amides is 2. The molecule has 0 bridgehead atoms. The van der Waals surface area contributed by atoms with Gasteiger partial charge in [-0.05, 0) is 51.3 Å². The molecule has 1 aromatic heterocycles. The number of fused-ring (bicyclic) bond motifs is 1. The van der Waals surface area contributed by atoms with Crippen molar-refractivity contribution in [1.82, 2.24) is 14.4 Å².